The molecule has 5 heteroatoms. The number of thiophene rings is 1. The Morgan fingerprint density at radius 2 is 2.05 bits per heavy atom. The molecule has 1 unspecified atom stereocenters. The number of rotatable bonds is 5. The molecule has 0 aliphatic heterocycles. The number of carbonyl (C=O) groups is 1. The largest absolute Gasteiger partial charge is 0.397 e. The summed E-state index contributed by atoms with van der Waals surface area (Å²) < 4.78 is 14.5. The lowest BCUT2D eigenvalue weighted by Gasteiger charge is -2.14. The van der Waals surface area contributed by atoms with Crippen LogP contribution in [0.4, 0.5) is 10.1 Å². The molecule has 0 saturated carbocycles. The van der Waals surface area contributed by atoms with E-state index < -0.39 is 0 Å². The average molecular weight is 308 g/mol. The molecule has 21 heavy (non-hydrogen) atoms. The second-order valence-corrected chi connectivity index (χ2v) is 6.86. The van der Waals surface area contributed by atoms with E-state index >= 15 is 0 Å². The molecule has 114 valence electrons. The van der Waals surface area contributed by atoms with Gasteiger partial charge in [0.1, 0.15) is 10.7 Å². The van der Waals surface area contributed by atoms with Crippen LogP contribution in [0.15, 0.2) is 18.2 Å². The number of amides is 1. The van der Waals surface area contributed by atoms with Crippen molar-refractivity contribution >= 4 is 33.0 Å². The lowest BCUT2D eigenvalue weighted by Crippen LogP contribution is -2.32. The van der Waals surface area contributed by atoms with Gasteiger partial charge >= 0.3 is 0 Å². The van der Waals surface area contributed by atoms with Crippen molar-refractivity contribution in [2.45, 2.75) is 39.7 Å². The monoisotopic (exact) mass is 308 g/mol. The van der Waals surface area contributed by atoms with Crippen LogP contribution < -0.4 is 11.1 Å². The Morgan fingerprint density at radius 1 is 1.33 bits per heavy atom. The summed E-state index contributed by atoms with van der Waals surface area (Å²) in [5, 5.41) is 3.29. The summed E-state index contributed by atoms with van der Waals surface area (Å²) in [6.45, 7) is 6.28. The van der Waals surface area contributed by atoms with E-state index in [2.05, 4.69) is 19.2 Å². The van der Waals surface area contributed by atoms with E-state index in [0.29, 0.717) is 20.9 Å². The van der Waals surface area contributed by atoms with Gasteiger partial charge in [0.25, 0.3) is 5.91 Å². The molecule has 1 amide bonds. The number of hydrogen-bond acceptors (Lipinski definition) is 3. The Hall–Kier alpha value is -1.62. The van der Waals surface area contributed by atoms with E-state index in [9.17, 15) is 9.18 Å². The lowest BCUT2D eigenvalue weighted by molar-refractivity contribution is 0.0942. The number of fused-ring (bicyclic) bond motifs is 1. The first-order chi connectivity index (χ1) is 9.90. The van der Waals surface area contributed by atoms with Gasteiger partial charge in [0, 0.05) is 10.7 Å². The fourth-order valence-electron chi connectivity index (χ4n) is 2.24. The van der Waals surface area contributed by atoms with Crippen molar-refractivity contribution in [2.75, 3.05) is 5.73 Å². The minimum atomic E-state index is -0.381. The molecule has 3 nitrogen and oxygen atoms in total. The fourth-order valence-corrected chi connectivity index (χ4v) is 3.28. The smallest absolute Gasteiger partial charge is 0.263 e. The van der Waals surface area contributed by atoms with E-state index in [1.165, 1.54) is 17.4 Å². The SMILES string of the molecule is CC(C)CCC(C)NC(=O)c1sc2cccc(F)c2c1N. The number of benzene rings is 1. The van der Waals surface area contributed by atoms with Crippen molar-refractivity contribution < 1.29 is 9.18 Å². The number of carbonyl (C=O) groups excluding carboxylic acids is 1. The van der Waals surface area contributed by atoms with Gasteiger partial charge in [-0.25, -0.2) is 4.39 Å². The number of hydrogen-bond donors (Lipinski definition) is 2. The molecule has 1 heterocycles. The van der Waals surface area contributed by atoms with Crippen molar-refractivity contribution in [3.05, 3.63) is 28.9 Å². The van der Waals surface area contributed by atoms with Gasteiger partial charge in [-0.2, -0.15) is 0 Å². The molecule has 1 aromatic heterocycles. The van der Waals surface area contributed by atoms with Crippen LogP contribution in [0.5, 0.6) is 0 Å². The van der Waals surface area contributed by atoms with E-state index in [0.717, 1.165) is 12.8 Å². The molecule has 0 aliphatic rings. The number of halogens is 1. The summed E-state index contributed by atoms with van der Waals surface area (Å²) in [5.41, 5.74) is 6.19. The topological polar surface area (TPSA) is 55.1 Å². The van der Waals surface area contributed by atoms with E-state index in [1.54, 1.807) is 12.1 Å². The van der Waals surface area contributed by atoms with Gasteiger partial charge in [-0.3, -0.25) is 4.79 Å². The normalized spacial score (nSPS) is 12.8. The highest BCUT2D eigenvalue weighted by molar-refractivity contribution is 7.21. The third-order valence-electron chi connectivity index (χ3n) is 3.46. The van der Waals surface area contributed by atoms with Crippen molar-refractivity contribution in [3.63, 3.8) is 0 Å². The summed E-state index contributed by atoms with van der Waals surface area (Å²) in [7, 11) is 0. The Morgan fingerprint density at radius 3 is 2.67 bits per heavy atom. The Balaban J connectivity index is 2.16. The molecule has 0 fully saturated rings. The maximum absolute atomic E-state index is 13.8. The number of nitrogens with two attached hydrogens (primary N) is 1. The van der Waals surface area contributed by atoms with E-state index in [-0.39, 0.29) is 23.5 Å². The second kappa shape index (κ2) is 6.43. The van der Waals surface area contributed by atoms with Gasteiger partial charge in [-0.1, -0.05) is 19.9 Å². The second-order valence-electron chi connectivity index (χ2n) is 5.80. The van der Waals surface area contributed by atoms with Crippen LogP contribution in [0, 0.1) is 11.7 Å². The first kappa shape index (κ1) is 15.8. The van der Waals surface area contributed by atoms with Crippen LogP contribution >= 0.6 is 11.3 Å². The van der Waals surface area contributed by atoms with Gasteiger partial charge in [0.05, 0.1) is 11.1 Å². The highest BCUT2D eigenvalue weighted by Gasteiger charge is 2.19. The maximum atomic E-state index is 13.8. The number of nitrogen functional groups attached to an aromatic ring is 1. The molecule has 2 rings (SSSR count). The van der Waals surface area contributed by atoms with Crippen molar-refractivity contribution in [1.29, 1.82) is 0 Å². The minimum absolute atomic E-state index is 0.0781. The minimum Gasteiger partial charge on any atom is -0.397 e. The quantitative estimate of drug-likeness (QED) is 0.870. The Kier molecular flexibility index (Phi) is 4.83. The fraction of sp³-hybridized carbons (Fsp3) is 0.438. The molecule has 0 spiro atoms. The molecule has 1 atom stereocenters. The van der Waals surface area contributed by atoms with Crippen molar-refractivity contribution in [3.8, 4) is 0 Å². The first-order valence-corrected chi connectivity index (χ1v) is 7.99. The average Bonchev–Trinajstić information content (AvgIpc) is 2.75. The van der Waals surface area contributed by atoms with Gasteiger partial charge in [-0.05, 0) is 37.8 Å². The molecule has 3 N–H and O–H groups in total. The summed E-state index contributed by atoms with van der Waals surface area (Å²) in [6.07, 6.45) is 1.97. The molecule has 1 aromatic carbocycles. The Labute approximate surface area is 128 Å². The Bertz CT molecular complexity index is 651. The molecular formula is C16H21FN2OS. The molecule has 0 saturated heterocycles. The van der Waals surface area contributed by atoms with Gasteiger partial charge in [-0.15, -0.1) is 11.3 Å². The van der Waals surface area contributed by atoms with Crippen LogP contribution in [0.3, 0.4) is 0 Å². The summed E-state index contributed by atoms with van der Waals surface area (Å²) in [4.78, 5) is 12.7. The highest BCUT2D eigenvalue weighted by atomic mass is 32.1. The standard InChI is InChI=1S/C16H21FN2OS/c1-9(2)7-8-10(3)19-16(20)15-14(18)13-11(17)5-4-6-12(13)21-15/h4-6,9-10H,7-8,18H2,1-3H3,(H,19,20). The molecular weight excluding hydrogens is 287 g/mol. The third-order valence-corrected chi connectivity index (χ3v) is 4.63. The van der Waals surface area contributed by atoms with Crippen LogP contribution in [0.2, 0.25) is 0 Å². The summed E-state index contributed by atoms with van der Waals surface area (Å²) in [5.74, 6) is 0.00496. The number of nitrogens with one attached hydrogen (secondary N) is 1. The molecule has 0 radical (unpaired) electrons. The molecule has 2 aromatic rings. The predicted molar refractivity (Wildman–Crippen MR) is 87.2 cm³/mol. The third kappa shape index (κ3) is 3.53. The predicted octanol–water partition coefficient (Wildman–Crippen LogP) is 4.18. The maximum Gasteiger partial charge on any atom is 0.263 e. The molecule has 0 aliphatic carbocycles. The summed E-state index contributed by atoms with van der Waals surface area (Å²) in [6, 6.07) is 4.84. The van der Waals surface area contributed by atoms with Crippen LogP contribution in [0.1, 0.15) is 43.3 Å². The van der Waals surface area contributed by atoms with Crippen molar-refractivity contribution in [1.82, 2.24) is 5.32 Å². The van der Waals surface area contributed by atoms with Crippen LogP contribution in [-0.4, -0.2) is 11.9 Å². The van der Waals surface area contributed by atoms with Crippen molar-refractivity contribution in [2.24, 2.45) is 5.92 Å². The van der Waals surface area contributed by atoms with Crippen LogP contribution in [-0.2, 0) is 0 Å². The first-order valence-electron chi connectivity index (χ1n) is 7.17. The zero-order valence-corrected chi connectivity index (χ0v) is 13.4. The molecule has 0 bridgehead atoms. The number of anilines is 1. The lowest BCUT2D eigenvalue weighted by atomic mass is 10.0. The van der Waals surface area contributed by atoms with Gasteiger partial charge in [0.2, 0.25) is 0 Å². The summed E-state index contributed by atoms with van der Waals surface area (Å²) >= 11 is 1.24. The zero-order chi connectivity index (χ0) is 15.6. The zero-order valence-electron chi connectivity index (χ0n) is 12.6. The van der Waals surface area contributed by atoms with Gasteiger partial charge in [0.15, 0.2) is 0 Å². The van der Waals surface area contributed by atoms with E-state index in [1.807, 2.05) is 6.92 Å². The van der Waals surface area contributed by atoms with Gasteiger partial charge < -0.3 is 11.1 Å². The van der Waals surface area contributed by atoms with Crippen LogP contribution in [0.25, 0.3) is 10.1 Å². The highest BCUT2D eigenvalue weighted by Crippen LogP contribution is 2.35. The van der Waals surface area contributed by atoms with E-state index in [4.69, 9.17) is 5.73 Å².